The molecule has 0 bridgehead atoms. The van der Waals surface area contributed by atoms with Gasteiger partial charge in [0.25, 0.3) is 0 Å². The molecule has 6 heteroatoms. The van der Waals surface area contributed by atoms with Gasteiger partial charge in [-0.05, 0) is 66.0 Å². The second kappa shape index (κ2) is 8.33. The topological polar surface area (TPSA) is 76.1 Å². The fourth-order valence-electron chi connectivity index (χ4n) is 5.53. The highest BCUT2D eigenvalue weighted by Gasteiger charge is 2.51. The summed E-state index contributed by atoms with van der Waals surface area (Å²) in [5.74, 6) is 0.976. The summed E-state index contributed by atoms with van der Waals surface area (Å²) in [7, 11) is 0. The maximum absolute atomic E-state index is 13.5. The molecule has 0 amide bonds. The first-order valence-electron chi connectivity index (χ1n) is 12.2. The molecule has 2 aromatic carbocycles. The van der Waals surface area contributed by atoms with Gasteiger partial charge in [0.15, 0.2) is 11.5 Å². The molecule has 6 nitrogen and oxygen atoms in total. The molecule has 1 unspecified atom stereocenters. The van der Waals surface area contributed by atoms with E-state index in [1.54, 1.807) is 0 Å². The lowest BCUT2D eigenvalue weighted by Crippen LogP contribution is -2.42. The number of carboxylic acid groups (broad SMARTS) is 1. The number of hydrogen-bond acceptors (Lipinski definition) is 5. The SMILES string of the molecule is CC(C)(C)C1Cc2cc(CC(=O)C3(c4ccc5c(c4)OCO5)CC3)ccc2N1CCCC(=O)O. The fourth-order valence-corrected chi connectivity index (χ4v) is 5.53. The first-order valence-corrected chi connectivity index (χ1v) is 12.2. The van der Waals surface area contributed by atoms with Gasteiger partial charge in [-0.3, -0.25) is 9.59 Å². The summed E-state index contributed by atoms with van der Waals surface area (Å²) >= 11 is 0. The number of carboxylic acids is 1. The number of fused-ring (bicyclic) bond motifs is 2. The molecule has 0 radical (unpaired) electrons. The van der Waals surface area contributed by atoms with Gasteiger partial charge in [0, 0.05) is 31.1 Å². The van der Waals surface area contributed by atoms with Gasteiger partial charge in [0.05, 0.1) is 5.41 Å². The lowest BCUT2D eigenvalue weighted by Gasteiger charge is -2.37. The second-order valence-electron chi connectivity index (χ2n) is 11.0. The Morgan fingerprint density at radius 1 is 1.09 bits per heavy atom. The standard InChI is InChI=1S/C28H33NO5/c1-27(2,3)24-15-19-13-18(6-8-21(19)29(24)12-4-5-26(31)32)14-25(30)28(10-11-28)20-7-9-22-23(16-20)34-17-33-22/h6-9,13,16,24H,4-5,10-12,14-15,17H2,1-3H3,(H,31,32). The highest BCUT2D eigenvalue weighted by molar-refractivity contribution is 5.95. The molecule has 1 N–H and O–H groups in total. The minimum Gasteiger partial charge on any atom is -0.481 e. The van der Waals surface area contributed by atoms with Gasteiger partial charge in [0.2, 0.25) is 6.79 Å². The Bertz CT molecular complexity index is 1130. The van der Waals surface area contributed by atoms with Gasteiger partial charge in [-0.2, -0.15) is 0 Å². The minimum absolute atomic E-state index is 0.0651. The number of aliphatic carboxylic acids is 1. The molecule has 5 rings (SSSR count). The van der Waals surface area contributed by atoms with Crippen LogP contribution >= 0.6 is 0 Å². The molecule has 0 spiro atoms. The third-order valence-corrected chi connectivity index (χ3v) is 7.61. The van der Waals surface area contributed by atoms with E-state index >= 15 is 0 Å². The number of ether oxygens (including phenoxy) is 2. The normalized spacial score (nSPS) is 19.7. The van der Waals surface area contributed by atoms with E-state index in [0.29, 0.717) is 18.9 Å². The first-order chi connectivity index (χ1) is 16.2. The van der Waals surface area contributed by atoms with Crippen LogP contribution in [-0.4, -0.2) is 36.2 Å². The maximum atomic E-state index is 13.5. The van der Waals surface area contributed by atoms with Gasteiger partial charge in [-0.1, -0.05) is 39.0 Å². The summed E-state index contributed by atoms with van der Waals surface area (Å²) in [5, 5.41) is 9.06. The molecule has 1 saturated carbocycles. The number of Topliss-reactive ketones (excluding diaryl/α,β-unsaturated/α-hetero) is 1. The van der Waals surface area contributed by atoms with E-state index in [1.807, 2.05) is 18.2 Å². The predicted octanol–water partition coefficient (Wildman–Crippen LogP) is 4.90. The number of hydrogen-bond donors (Lipinski definition) is 1. The summed E-state index contributed by atoms with van der Waals surface area (Å²) in [6.45, 7) is 7.67. The lowest BCUT2D eigenvalue weighted by molar-refractivity contribution is -0.137. The third-order valence-electron chi connectivity index (χ3n) is 7.61. The predicted molar refractivity (Wildman–Crippen MR) is 130 cm³/mol. The van der Waals surface area contributed by atoms with Crippen LogP contribution in [0.1, 0.15) is 63.1 Å². The molecular weight excluding hydrogens is 430 g/mol. The monoisotopic (exact) mass is 463 g/mol. The quantitative estimate of drug-likeness (QED) is 0.600. The first kappa shape index (κ1) is 22.8. The number of benzene rings is 2. The number of rotatable bonds is 8. The number of ketones is 1. The van der Waals surface area contributed by atoms with Crippen LogP contribution in [0.2, 0.25) is 0 Å². The zero-order valence-corrected chi connectivity index (χ0v) is 20.2. The molecule has 34 heavy (non-hydrogen) atoms. The van der Waals surface area contributed by atoms with Gasteiger partial charge < -0.3 is 19.5 Å². The molecule has 2 aromatic rings. The van der Waals surface area contributed by atoms with E-state index < -0.39 is 11.4 Å². The lowest BCUT2D eigenvalue weighted by atomic mass is 9.84. The number of carbonyl (C=O) groups excluding carboxylic acids is 1. The van der Waals surface area contributed by atoms with Crippen LogP contribution < -0.4 is 14.4 Å². The van der Waals surface area contributed by atoms with Crippen LogP contribution in [-0.2, 0) is 27.8 Å². The van der Waals surface area contributed by atoms with E-state index in [4.69, 9.17) is 14.6 Å². The molecule has 3 aliphatic rings. The molecule has 0 saturated heterocycles. The van der Waals surface area contributed by atoms with E-state index in [1.165, 1.54) is 11.3 Å². The van der Waals surface area contributed by atoms with Crippen molar-refractivity contribution >= 4 is 17.4 Å². The van der Waals surface area contributed by atoms with E-state index in [2.05, 4.69) is 43.9 Å². The molecule has 2 heterocycles. The Labute approximate surface area is 200 Å². The Morgan fingerprint density at radius 2 is 1.85 bits per heavy atom. The van der Waals surface area contributed by atoms with Gasteiger partial charge >= 0.3 is 5.97 Å². The highest BCUT2D eigenvalue weighted by atomic mass is 16.7. The smallest absolute Gasteiger partial charge is 0.303 e. The van der Waals surface area contributed by atoms with E-state index in [0.717, 1.165) is 48.4 Å². The zero-order chi connectivity index (χ0) is 24.1. The summed E-state index contributed by atoms with van der Waals surface area (Å²) in [6.07, 6.45) is 3.89. The Balaban J connectivity index is 1.34. The van der Waals surface area contributed by atoms with Crippen molar-refractivity contribution in [3.63, 3.8) is 0 Å². The third kappa shape index (κ3) is 4.15. The zero-order valence-electron chi connectivity index (χ0n) is 20.2. The van der Waals surface area contributed by atoms with Crippen molar-refractivity contribution in [1.29, 1.82) is 0 Å². The molecule has 2 aliphatic heterocycles. The molecule has 1 aliphatic carbocycles. The van der Waals surface area contributed by atoms with E-state index in [9.17, 15) is 9.59 Å². The molecular formula is C28H33NO5. The van der Waals surface area contributed by atoms with Crippen LogP contribution in [0.4, 0.5) is 5.69 Å². The van der Waals surface area contributed by atoms with Gasteiger partial charge in [0.1, 0.15) is 5.78 Å². The van der Waals surface area contributed by atoms with Crippen molar-refractivity contribution < 1.29 is 24.2 Å². The van der Waals surface area contributed by atoms with Crippen LogP contribution in [0.25, 0.3) is 0 Å². The molecule has 0 aromatic heterocycles. The highest BCUT2D eigenvalue weighted by Crippen LogP contribution is 2.51. The van der Waals surface area contributed by atoms with Crippen molar-refractivity contribution in [2.75, 3.05) is 18.2 Å². The van der Waals surface area contributed by atoms with Crippen molar-refractivity contribution in [1.82, 2.24) is 0 Å². The summed E-state index contributed by atoms with van der Waals surface area (Å²) < 4.78 is 11.0. The summed E-state index contributed by atoms with van der Waals surface area (Å²) in [6, 6.07) is 12.6. The van der Waals surface area contributed by atoms with Crippen LogP contribution in [0.5, 0.6) is 11.5 Å². The Hall–Kier alpha value is -3.02. The molecule has 1 fully saturated rings. The summed E-state index contributed by atoms with van der Waals surface area (Å²) in [5.41, 5.74) is 4.18. The fraction of sp³-hybridized carbons (Fsp3) is 0.500. The van der Waals surface area contributed by atoms with E-state index in [-0.39, 0.29) is 24.4 Å². The van der Waals surface area contributed by atoms with Gasteiger partial charge in [-0.15, -0.1) is 0 Å². The largest absolute Gasteiger partial charge is 0.481 e. The van der Waals surface area contributed by atoms with Crippen LogP contribution in [0.3, 0.4) is 0 Å². The Kier molecular flexibility index (Phi) is 5.58. The van der Waals surface area contributed by atoms with Gasteiger partial charge in [-0.25, -0.2) is 0 Å². The number of anilines is 1. The maximum Gasteiger partial charge on any atom is 0.303 e. The van der Waals surface area contributed by atoms with Crippen LogP contribution in [0.15, 0.2) is 36.4 Å². The van der Waals surface area contributed by atoms with Crippen molar-refractivity contribution in [3.8, 4) is 11.5 Å². The Morgan fingerprint density at radius 3 is 2.56 bits per heavy atom. The van der Waals surface area contributed by atoms with Crippen molar-refractivity contribution in [2.45, 2.75) is 70.8 Å². The molecule has 180 valence electrons. The minimum atomic E-state index is -0.753. The van der Waals surface area contributed by atoms with Crippen molar-refractivity contribution in [3.05, 3.63) is 53.1 Å². The van der Waals surface area contributed by atoms with Crippen molar-refractivity contribution in [2.24, 2.45) is 5.41 Å². The second-order valence-corrected chi connectivity index (χ2v) is 11.0. The summed E-state index contributed by atoms with van der Waals surface area (Å²) in [4.78, 5) is 26.9. The van der Waals surface area contributed by atoms with Crippen LogP contribution in [0, 0.1) is 5.41 Å². The average Bonchev–Trinajstić information content (AvgIpc) is 3.31. The number of carbonyl (C=O) groups is 2. The molecule has 1 atom stereocenters. The average molecular weight is 464 g/mol. The number of nitrogens with zero attached hydrogens (tertiary/aromatic N) is 1.